The number of phenols is 1. The number of benzene rings is 2. The number of methoxy groups -OCH3 is 1. The molecular formula is C20H17N3O3. The van der Waals surface area contributed by atoms with Crippen LogP contribution in [-0.2, 0) is 0 Å². The van der Waals surface area contributed by atoms with E-state index in [9.17, 15) is 5.11 Å². The van der Waals surface area contributed by atoms with E-state index in [-0.39, 0.29) is 5.75 Å². The molecule has 6 nitrogen and oxygen atoms in total. The van der Waals surface area contributed by atoms with Crippen LogP contribution in [0.2, 0.25) is 0 Å². The summed E-state index contributed by atoms with van der Waals surface area (Å²) in [5.41, 5.74) is 3.89. The van der Waals surface area contributed by atoms with Gasteiger partial charge in [0.1, 0.15) is 11.5 Å². The maximum Gasteiger partial charge on any atom is 0.178 e. The molecule has 0 bridgehead atoms. The number of aromatic hydroxyl groups is 1. The van der Waals surface area contributed by atoms with E-state index in [2.05, 4.69) is 10.3 Å². The van der Waals surface area contributed by atoms with Crippen LogP contribution in [0.4, 0.5) is 0 Å². The number of phenolic OH excluding ortho intramolecular Hbond substituents is 1. The van der Waals surface area contributed by atoms with E-state index in [1.165, 1.54) is 0 Å². The van der Waals surface area contributed by atoms with Crippen LogP contribution in [0, 0.1) is 6.92 Å². The van der Waals surface area contributed by atoms with Gasteiger partial charge in [-0.25, -0.2) is 4.68 Å². The molecule has 0 aliphatic rings. The monoisotopic (exact) mass is 347 g/mol. The lowest BCUT2D eigenvalue weighted by atomic mass is 10.0. The zero-order valence-electron chi connectivity index (χ0n) is 14.4. The minimum absolute atomic E-state index is 0.0669. The fourth-order valence-corrected chi connectivity index (χ4v) is 2.90. The fourth-order valence-electron chi connectivity index (χ4n) is 2.90. The van der Waals surface area contributed by atoms with E-state index < -0.39 is 0 Å². The Balaban J connectivity index is 1.80. The lowest BCUT2D eigenvalue weighted by Gasteiger charge is -2.06. The highest BCUT2D eigenvalue weighted by atomic mass is 16.5. The van der Waals surface area contributed by atoms with Gasteiger partial charge in [0.15, 0.2) is 5.76 Å². The van der Waals surface area contributed by atoms with Crippen LogP contribution < -0.4 is 4.74 Å². The van der Waals surface area contributed by atoms with Gasteiger partial charge < -0.3 is 14.4 Å². The molecule has 0 radical (unpaired) electrons. The van der Waals surface area contributed by atoms with Gasteiger partial charge >= 0.3 is 0 Å². The van der Waals surface area contributed by atoms with Crippen molar-refractivity contribution in [2.24, 2.45) is 0 Å². The molecule has 0 aliphatic heterocycles. The summed E-state index contributed by atoms with van der Waals surface area (Å²) in [6, 6.07) is 14.9. The van der Waals surface area contributed by atoms with Crippen molar-refractivity contribution in [3.8, 4) is 39.6 Å². The Morgan fingerprint density at radius 1 is 1.12 bits per heavy atom. The van der Waals surface area contributed by atoms with Gasteiger partial charge in [0.05, 0.1) is 35.8 Å². The Morgan fingerprint density at radius 2 is 1.92 bits per heavy atom. The summed E-state index contributed by atoms with van der Waals surface area (Å²) in [6.45, 7) is 1.86. The minimum atomic E-state index is 0.0669. The van der Waals surface area contributed by atoms with Crippen LogP contribution in [0.5, 0.6) is 11.5 Å². The van der Waals surface area contributed by atoms with Gasteiger partial charge in [0, 0.05) is 17.8 Å². The maximum atomic E-state index is 10.4. The second kappa shape index (κ2) is 6.40. The molecule has 0 atom stereocenters. The molecule has 130 valence electrons. The summed E-state index contributed by atoms with van der Waals surface area (Å²) in [4.78, 5) is 0. The van der Waals surface area contributed by atoms with Crippen LogP contribution in [0.15, 0.2) is 65.4 Å². The van der Waals surface area contributed by atoms with Crippen LogP contribution in [0.1, 0.15) is 5.69 Å². The van der Waals surface area contributed by atoms with E-state index in [4.69, 9.17) is 9.26 Å². The topological polar surface area (TPSA) is 73.3 Å². The van der Waals surface area contributed by atoms with Gasteiger partial charge in [-0.2, -0.15) is 5.10 Å². The van der Waals surface area contributed by atoms with E-state index in [1.807, 2.05) is 43.5 Å². The van der Waals surface area contributed by atoms with Crippen molar-refractivity contribution in [1.82, 2.24) is 14.9 Å². The lowest BCUT2D eigenvalue weighted by Crippen LogP contribution is -1.92. The minimum Gasteiger partial charge on any atom is -0.507 e. The molecule has 0 saturated carbocycles. The maximum absolute atomic E-state index is 10.4. The number of aryl methyl sites for hydroxylation is 1. The predicted octanol–water partition coefficient (Wildman–Crippen LogP) is 4.22. The first-order chi connectivity index (χ1) is 12.7. The molecule has 2 heterocycles. The molecule has 6 heteroatoms. The molecular weight excluding hydrogens is 330 g/mol. The standard InChI is InChI=1S/C20H17N3O3/c1-13-19(14-11-21-23(12-14)15-6-4-3-5-7-15)20(26-22-13)17-9-8-16(25-2)10-18(17)24/h3-12,24H,1-2H3. The largest absolute Gasteiger partial charge is 0.507 e. The lowest BCUT2D eigenvalue weighted by molar-refractivity contribution is 0.405. The average molecular weight is 347 g/mol. The number of aromatic nitrogens is 3. The van der Waals surface area contributed by atoms with Crippen molar-refractivity contribution in [1.29, 1.82) is 0 Å². The van der Waals surface area contributed by atoms with Crippen LogP contribution in [0.3, 0.4) is 0 Å². The molecule has 26 heavy (non-hydrogen) atoms. The number of hydrogen-bond acceptors (Lipinski definition) is 5. The summed E-state index contributed by atoms with van der Waals surface area (Å²) < 4.78 is 12.4. The van der Waals surface area contributed by atoms with Crippen molar-refractivity contribution in [3.05, 3.63) is 66.6 Å². The fraction of sp³-hybridized carbons (Fsp3) is 0.100. The third-order valence-electron chi connectivity index (χ3n) is 4.20. The number of para-hydroxylation sites is 1. The molecule has 0 fully saturated rings. The number of nitrogens with zero attached hydrogens (tertiary/aromatic N) is 3. The molecule has 4 rings (SSSR count). The highest BCUT2D eigenvalue weighted by Crippen LogP contribution is 2.40. The first-order valence-electron chi connectivity index (χ1n) is 8.11. The zero-order chi connectivity index (χ0) is 18.1. The van der Waals surface area contributed by atoms with Gasteiger partial charge in [-0.05, 0) is 31.2 Å². The van der Waals surface area contributed by atoms with Gasteiger partial charge in [-0.1, -0.05) is 23.4 Å². The van der Waals surface area contributed by atoms with E-state index in [0.29, 0.717) is 17.1 Å². The highest BCUT2D eigenvalue weighted by Gasteiger charge is 2.21. The Kier molecular flexibility index (Phi) is 3.93. The average Bonchev–Trinajstić information content (AvgIpc) is 3.29. The molecule has 0 saturated heterocycles. The number of ether oxygens (including phenoxy) is 1. The van der Waals surface area contributed by atoms with Crippen molar-refractivity contribution in [2.45, 2.75) is 6.92 Å². The number of rotatable bonds is 4. The van der Waals surface area contributed by atoms with Gasteiger partial charge in [0.2, 0.25) is 0 Å². The van der Waals surface area contributed by atoms with Crippen molar-refractivity contribution in [2.75, 3.05) is 7.11 Å². The van der Waals surface area contributed by atoms with Gasteiger partial charge in [-0.3, -0.25) is 0 Å². The summed E-state index contributed by atoms with van der Waals surface area (Å²) in [5, 5.41) is 18.9. The summed E-state index contributed by atoms with van der Waals surface area (Å²) in [5.74, 6) is 1.13. The highest BCUT2D eigenvalue weighted by molar-refractivity contribution is 5.83. The molecule has 2 aromatic carbocycles. The van der Waals surface area contributed by atoms with Crippen molar-refractivity contribution < 1.29 is 14.4 Å². The van der Waals surface area contributed by atoms with Crippen LogP contribution in [-0.4, -0.2) is 27.2 Å². The molecule has 0 spiro atoms. The normalized spacial score (nSPS) is 10.8. The summed E-state index contributed by atoms with van der Waals surface area (Å²) in [7, 11) is 1.55. The molecule has 0 amide bonds. The van der Waals surface area contributed by atoms with Crippen LogP contribution in [0.25, 0.3) is 28.1 Å². The second-order valence-corrected chi connectivity index (χ2v) is 5.86. The summed E-state index contributed by atoms with van der Waals surface area (Å²) >= 11 is 0. The first kappa shape index (κ1) is 16.0. The summed E-state index contributed by atoms with van der Waals surface area (Å²) in [6.07, 6.45) is 3.68. The zero-order valence-corrected chi connectivity index (χ0v) is 14.4. The molecule has 1 N–H and O–H groups in total. The van der Waals surface area contributed by atoms with Gasteiger partial charge in [0.25, 0.3) is 0 Å². The van der Waals surface area contributed by atoms with Crippen molar-refractivity contribution in [3.63, 3.8) is 0 Å². The third kappa shape index (κ3) is 2.71. The van der Waals surface area contributed by atoms with Crippen molar-refractivity contribution >= 4 is 0 Å². The Labute approximate surface area is 150 Å². The van der Waals surface area contributed by atoms with Crippen LogP contribution >= 0.6 is 0 Å². The molecule has 0 unspecified atom stereocenters. The quantitative estimate of drug-likeness (QED) is 0.598. The predicted molar refractivity (Wildman–Crippen MR) is 97.5 cm³/mol. The molecule has 2 aromatic heterocycles. The first-order valence-corrected chi connectivity index (χ1v) is 8.11. The third-order valence-corrected chi connectivity index (χ3v) is 4.20. The number of hydrogen-bond donors (Lipinski definition) is 1. The molecule has 0 aliphatic carbocycles. The Hall–Kier alpha value is -3.54. The Morgan fingerprint density at radius 3 is 2.65 bits per heavy atom. The smallest absolute Gasteiger partial charge is 0.178 e. The van der Waals surface area contributed by atoms with Gasteiger partial charge in [-0.15, -0.1) is 0 Å². The van der Waals surface area contributed by atoms with E-state index in [0.717, 1.165) is 22.5 Å². The SMILES string of the molecule is COc1ccc(-c2onc(C)c2-c2cnn(-c3ccccc3)c2)c(O)c1. The molecule has 4 aromatic rings. The second-order valence-electron chi connectivity index (χ2n) is 5.86. The van der Waals surface area contributed by atoms with E-state index in [1.54, 1.807) is 36.2 Å². The Bertz CT molecular complexity index is 1050. The van der Waals surface area contributed by atoms with E-state index >= 15 is 0 Å².